The zero-order valence-corrected chi connectivity index (χ0v) is 12.9. The van der Waals surface area contributed by atoms with Crippen molar-refractivity contribution in [1.29, 1.82) is 0 Å². The number of benzene rings is 2. The quantitative estimate of drug-likeness (QED) is 0.835. The number of alkyl halides is 1. The lowest BCUT2D eigenvalue weighted by Crippen LogP contribution is -2.24. The Labute approximate surface area is 126 Å². The minimum absolute atomic E-state index is 0.123. The number of halogens is 2. The third kappa shape index (κ3) is 3.65. The molecule has 2 rings (SSSR count). The highest BCUT2D eigenvalue weighted by Gasteiger charge is 2.17. The van der Waals surface area contributed by atoms with Crippen molar-refractivity contribution in [3.63, 3.8) is 0 Å². The van der Waals surface area contributed by atoms with Crippen LogP contribution in [-0.2, 0) is 21.9 Å². The Morgan fingerprint density at radius 3 is 2.45 bits per heavy atom. The van der Waals surface area contributed by atoms with Crippen LogP contribution in [-0.4, -0.2) is 8.42 Å². The molecule has 0 saturated carbocycles. The first-order valence-corrected chi connectivity index (χ1v) is 8.51. The van der Waals surface area contributed by atoms with Crippen molar-refractivity contribution in [1.82, 2.24) is 4.72 Å². The molecule has 0 aliphatic carbocycles. The highest BCUT2D eigenvalue weighted by Crippen LogP contribution is 2.14. The molecule has 0 bridgehead atoms. The Morgan fingerprint density at radius 2 is 1.75 bits per heavy atom. The van der Waals surface area contributed by atoms with Gasteiger partial charge in [-0.15, -0.1) is 0 Å². The summed E-state index contributed by atoms with van der Waals surface area (Å²) in [4.78, 5) is -0.336. The number of nitrogens with one attached hydrogen (secondary N) is 1. The van der Waals surface area contributed by atoms with E-state index in [0.717, 1.165) is 17.2 Å². The van der Waals surface area contributed by atoms with Crippen LogP contribution in [0.3, 0.4) is 0 Å². The van der Waals surface area contributed by atoms with E-state index >= 15 is 0 Å². The fourth-order valence-electron chi connectivity index (χ4n) is 1.74. The second-order valence-corrected chi connectivity index (χ2v) is 6.50. The Hall–Kier alpha value is -1.24. The van der Waals surface area contributed by atoms with Crippen molar-refractivity contribution in [2.75, 3.05) is 0 Å². The molecule has 1 N–H and O–H groups in total. The maximum Gasteiger partial charge on any atom is 0.243 e. The van der Waals surface area contributed by atoms with Crippen molar-refractivity contribution < 1.29 is 12.8 Å². The van der Waals surface area contributed by atoms with Gasteiger partial charge in [0.1, 0.15) is 10.7 Å². The van der Waals surface area contributed by atoms with Crippen LogP contribution in [0.15, 0.2) is 53.4 Å². The van der Waals surface area contributed by atoms with Gasteiger partial charge in [-0.25, -0.2) is 17.5 Å². The second-order valence-electron chi connectivity index (χ2n) is 4.21. The van der Waals surface area contributed by atoms with E-state index in [0.29, 0.717) is 5.33 Å². The number of hydrogen-bond donors (Lipinski definition) is 1. The van der Waals surface area contributed by atoms with Crippen LogP contribution >= 0.6 is 15.9 Å². The molecule has 0 spiro atoms. The van der Waals surface area contributed by atoms with Crippen LogP contribution in [0.5, 0.6) is 0 Å². The van der Waals surface area contributed by atoms with E-state index in [1.807, 2.05) is 24.3 Å². The fourth-order valence-corrected chi connectivity index (χ4v) is 3.18. The third-order valence-electron chi connectivity index (χ3n) is 2.74. The van der Waals surface area contributed by atoms with E-state index in [9.17, 15) is 12.8 Å². The summed E-state index contributed by atoms with van der Waals surface area (Å²) in [6.07, 6.45) is 0. The van der Waals surface area contributed by atoms with Crippen LogP contribution in [0.1, 0.15) is 11.1 Å². The van der Waals surface area contributed by atoms with Crippen LogP contribution in [0.4, 0.5) is 4.39 Å². The first kappa shape index (κ1) is 15.2. The Morgan fingerprint density at radius 1 is 1.05 bits per heavy atom. The van der Waals surface area contributed by atoms with Gasteiger partial charge in [-0.3, -0.25) is 0 Å². The topological polar surface area (TPSA) is 46.2 Å². The summed E-state index contributed by atoms with van der Waals surface area (Å²) in [6, 6.07) is 12.8. The van der Waals surface area contributed by atoms with Gasteiger partial charge in [0.2, 0.25) is 10.0 Å². The first-order chi connectivity index (χ1) is 9.53. The predicted octanol–water partition coefficient (Wildman–Crippen LogP) is 3.20. The van der Waals surface area contributed by atoms with E-state index in [-0.39, 0.29) is 11.4 Å². The molecule has 6 heteroatoms. The summed E-state index contributed by atoms with van der Waals surface area (Å²) < 4.78 is 39.9. The van der Waals surface area contributed by atoms with Crippen molar-refractivity contribution in [2.45, 2.75) is 16.8 Å². The lowest BCUT2D eigenvalue weighted by atomic mass is 10.1. The minimum atomic E-state index is -3.85. The van der Waals surface area contributed by atoms with Crippen molar-refractivity contribution in [3.8, 4) is 0 Å². The molecule has 0 heterocycles. The van der Waals surface area contributed by atoms with Gasteiger partial charge in [0.05, 0.1) is 0 Å². The average molecular weight is 358 g/mol. The largest absolute Gasteiger partial charge is 0.243 e. The van der Waals surface area contributed by atoms with Crippen LogP contribution in [0, 0.1) is 5.82 Å². The first-order valence-electron chi connectivity index (χ1n) is 5.91. The highest BCUT2D eigenvalue weighted by atomic mass is 79.9. The highest BCUT2D eigenvalue weighted by molar-refractivity contribution is 9.08. The summed E-state index contributed by atoms with van der Waals surface area (Å²) in [5.41, 5.74) is 1.87. The molecule has 0 atom stereocenters. The van der Waals surface area contributed by atoms with Crippen molar-refractivity contribution in [2.24, 2.45) is 0 Å². The molecule has 0 aromatic heterocycles. The third-order valence-corrected chi connectivity index (χ3v) is 4.82. The molecular weight excluding hydrogens is 345 g/mol. The lowest BCUT2D eigenvalue weighted by molar-refractivity contribution is 0.557. The summed E-state index contributed by atoms with van der Waals surface area (Å²) in [5, 5.41) is 0.695. The van der Waals surface area contributed by atoms with E-state index < -0.39 is 15.8 Å². The SMILES string of the molecule is O=S(=O)(NCc1cccc(CBr)c1)c1ccccc1F. The second kappa shape index (κ2) is 6.47. The molecule has 0 amide bonds. The van der Waals surface area contributed by atoms with E-state index in [2.05, 4.69) is 20.7 Å². The van der Waals surface area contributed by atoms with E-state index in [1.54, 1.807) is 0 Å². The Bertz CT molecular complexity index is 704. The zero-order chi connectivity index (χ0) is 14.6. The molecule has 2 aromatic rings. The predicted molar refractivity (Wildman–Crippen MR) is 79.5 cm³/mol. The fraction of sp³-hybridized carbons (Fsp3) is 0.143. The summed E-state index contributed by atoms with van der Waals surface area (Å²) in [7, 11) is -3.85. The monoisotopic (exact) mass is 357 g/mol. The van der Waals surface area contributed by atoms with Gasteiger partial charge in [0.25, 0.3) is 0 Å². The average Bonchev–Trinajstić information content (AvgIpc) is 2.46. The van der Waals surface area contributed by atoms with Gasteiger partial charge >= 0.3 is 0 Å². The van der Waals surface area contributed by atoms with Crippen LogP contribution in [0.25, 0.3) is 0 Å². The number of sulfonamides is 1. The molecule has 106 valence electrons. The van der Waals surface area contributed by atoms with E-state index in [1.165, 1.54) is 18.2 Å². The standard InChI is InChI=1S/C14H13BrFNO2S/c15-9-11-4-3-5-12(8-11)10-17-20(18,19)14-7-2-1-6-13(14)16/h1-8,17H,9-10H2. The molecular formula is C14H13BrFNO2S. The molecule has 0 fully saturated rings. The molecule has 0 saturated heterocycles. The zero-order valence-electron chi connectivity index (χ0n) is 10.5. The number of hydrogen-bond acceptors (Lipinski definition) is 2. The molecule has 0 radical (unpaired) electrons. The summed E-state index contributed by atoms with van der Waals surface area (Å²) in [5.74, 6) is -0.755. The molecule has 0 aliphatic heterocycles. The number of rotatable bonds is 5. The Kier molecular flexibility index (Phi) is 4.91. The summed E-state index contributed by atoms with van der Waals surface area (Å²) in [6.45, 7) is 0.123. The Balaban J connectivity index is 2.15. The maximum absolute atomic E-state index is 13.5. The summed E-state index contributed by atoms with van der Waals surface area (Å²) >= 11 is 3.34. The van der Waals surface area contributed by atoms with Gasteiger partial charge in [-0.05, 0) is 23.3 Å². The van der Waals surface area contributed by atoms with Gasteiger partial charge in [0, 0.05) is 11.9 Å². The van der Waals surface area contributed by atoms with Gasteiger partial charge < -0.3 is 0 Å². The molecule has 3 nitrogen and oxygen atoms in total. The van der Waals surface area contributed by atoms with E-state index in [4.69, 9.17) is 0 Å². The molecule has 2 aromatic carbocycles. The van der Waals surface area contributed by atoms with Crippen LogP contribution < -0.4 is 4.72 Å². The normalized spacial score (nSPS) is 11.5. The van der Waals surface area contributed by atoms with Crippen molar-refractivity contribution in [3.05, 3.63) is 65.5 Å². The van der Waals surface area contributed by atoms with Crippen molar-refractivity contribution >= 4 is 26.0 Å². The smallest absolute Gasteiger partial charge is 0.207 e. The lowest BCUT2D eigenvalue weighted by Gasteiger charge is -2.08. The minimum Gasteiger partial charge on any atom is -0.207 e. The molecule has 0 aliphatic rings. The molecule has 0 unspecified atom stereocenters. The molecule has 20 heavy (non-hydrogen) atoms. The van der Waals surface area contributed by atoms with Crippen LogP contribution in [0.2, 0.25) is 0 Å². The van der Waals surface area contributed by atoms with Gasteiger partial charge in [0.15, 0.2) is 0 Å². The van der Waals surface area contributed by atoms with Gasteiger partial charge in [-0.1, -0.05) is 52.3 Å². The maximum atomic E-state index is 13.5. The van der Waals surface area contributed by atoms with Gasteiger partial charge in [-0.2, -0.15) is 0 Å².